The van der Waals surface area contributed by atoms with Crippen LogP contribution in [-0.2, 0) is 0 Å². The van der Waals surface area contributed by atoms with Crippen molar-refractivity contribution < 1.29 is 9.66 Å². The summed E-state index contributed by atoms with van der Waals surface area (Å²) >= 11 is 5.72. The molecule has 1 aliphatic carbocycles. The molecule has 1 heterocycles. The van der Waals surface area contributed by atoms with Crippen LogP contribution in [0.5, 0.6) is 5.88 Å². The molecule has 7 heteroatoms. The van der Waals surface area contributed by atoms with Gasteiger partial charge in [-0.3, -0.25) is 10.1 Å². The number of aromatic nitrogens is 1. The molecule has 1 aromatic rings. The zero-order valence-electron chi connectivity index (χ0n) is 11.1. The number of pyridine rings is 1. The monoisotopic (exact) mass is 299 g/mol. The maximum Gasteiger partial charge on any atom is 0.332 e. The molecule has 0 aliphatic heterocycles. The van der Waals surface area contributed by atoms with E-state index >= 15 is 0 Å². The van der Waals surface area contributed by atoms with E-state index in [1.807, 2.05) is 0 Å². The Morgan fingerprint density at radius 3 is 2.80 bits per heavy atom. The SMILES string of the molecule is NCC1CCCCC1COc1ncc(Cl)cc1[N+](=O)[O-]. The van der Waals surface area contributed by atoms with Gasteiger partial charge in [-0.15, -0.1) is 0 Å². The van der Waals surface area contributed by atoms with Crippen LogP contribution in [-0.4, -0.2) is 23.1 Å². The number of nitro groups is 1. The van der Waals surface area contributed by atoms with Gasteiger partial charge in [0.2, 0.25) is 0 Å². The zero-order chi connectivity index (χ0) is 14.5. The highest BCUT2D eigenvalue weighted by molar-refractivity contribution is 6.30. The molecule has 0 radical (unpaired) electrons. The first-order valence-corrected chi connectivity index (χ1v) is 7.12. The first-order valence-electron chi connectivity index (χ1n) is 6.74. The van der Waals surface area contributed by atoms with Crippen LogP contribution >= 0.6 is 11.6 Å². The van der Waals surface area contributed by atoms with Crippen molar-refractivity contribution in [1.82, 2.24) is 4.98 Å². The van der Waals surface area contributed by atoms with Crippen molar-refractivity contribution in [3.05, 3.63) is 27.4 Å². The van der Waals surface area contributed by atoms with Crippen LogP contribution in [0.25, 0.3) is 0 Å². The highest BCUT2D eigenvalue weighted by atomic mass is 35.5. The number of ether oxygens (including phenoxy) is 1. The zero-order valence-corrected chi connectivity index (χ0v) is 11.9. The lowest BCUT2D eigenvalue weighted by atomic mass is 9.80. The molecule has 0 saturated heterocycles. The van der Waals surface area contributed by atoms with Gasteiger partial charge < -0.3 is 10.5 Å². The lowest BCUT2D eigenvalue weighted by molar-refractivity contribution is -0.386. The summed E-state index contributed by atoms with van der Waals surface area (Å²) in [6.07, 6.45) is 5.84. The van der Waals surface area contributed by atoms with E-state index in [4.69, 9.17) is 22.1 Å². The number of nitrogens with two attached hydrogens (primary N) is 1. The Morgan fingerprint density at radius 1 is 1.45 bits per heavy atom. The molecule has 1 aromatic heterocycles. The molecule has 1 aliphatic rings. The van der Waals surface area contributed by atoms with E-state index in [1.54, 1.807) is 0 Å². The number of nitrogens with zero attached hydrogens (tertiary/aromatic N) is 2. The molecule has 20 heavy (non-hydrogen) atoms. The van der Waals surface area contributed by atoms with E-state index in [-0.39, 0.29) is 16.6 Å². The van der Waals surface area contributed by atoms with Crippen molar-refractivity contribution in [2.24, 2.45) is 17.6 Å². The van der Waals surface area contributed by atoms with E-state index in [1.165, 1.54) is 18.7 Å². The predicted molar refractivity (Wildman–Crippen MR) is 75.9 cm³/mol. The van der Waals surface area contributed by atoms with Gasteiger partial charge in [-0.2, -0.15) is 0 Å². The second kappa shape index (κ2) is 6.85. The lowest BCUT2D eigenvalue weighted by Gasteiger charge is -2.30. The normalized spacial score (nSPS) is 22.5. The molecule has 0 bridgehead atoms. The van der Waals surface area contributed by atoms with Crippen LogP contribution in [0.4, 0.5) is 5.69 Å². The third-order valence-corrected chi connectivity index (χ3v) is 4.01. The Kier molecular flexibility index (Phi) is 5.14. The van der Waals surface area contributed by atoms with Gasteiger partial charge >= 0.3 is 5.69 Å². The second-order valence-corrected chi connectivity index (χ2v) is 5.52. The largest absolute Gasteiger partial charge is 0.473 e. The minimum absolute atomic E-state index is 0.0285. The van der Waals surface area contributed by atoms with Crippen molar-refractivity contribution in [2.45, 2.75) is 25.7 Å². The molecule has 2 unspecified atom stereocenters. The van der Waals surface area contributed by atoms with Gasteiger partial charge in [0.1, 0.15) is 0 Å². The number of rotatable bonds is 5. The van der Waals surface area contributed by atoms with Crippen molar-refractivity contribution in [1.29, 1.82) is 0 Å². The predicted octanol–water partition coefficient (Wildman–Crippen LogP) is 2.79. The second-order valence-electron chi connectivity index (χ2n) is 5.09. The van der Waals surface area contributed by atoms with Crippen LogP contribution in [0.15, 0.2) is 12.3 Å². The Bertz CT molecular complexity index is 484. The molecule has 2 atom stereocenters. The fourth-order valence-corrected chi connectivity index (χ4v) is 2.81. The van der Waals surface area contributed by atoms with Gasteiger partial charge in [0.15, 0.2) is 0 Å². The number of hydrogen-bond donors (Lipinski definition) is 1. The first-order chi connectivity index (χ1) is 9.61. The van der Waals surface area contributed by atoms with Gasteiger partial charge in [0.05, 0.1) is 22.7 Å². The Labute approximate surface area is 122 Å². The van der Waals surface area contributed by atoms with E-state index < -0.39 is 4.92 Å². The first kappa shape index (κ1) is 15.0. The van der Waals surface area contributed by atoms with E-state index in [2.05, 4.69) is 4.98 Å². The van der Waals surface area contributed by atoms with Crippen molar-refractivity contribution >= 4 is 17.3 Å². The highest BCUT2D eigenvalue weighted by Gasteiger charge is 2.26. The molecule has 0 aromatic carbocycles. The van der Waals surface area contributed by atoms with Crippen LogP contribution < -0.4 is 10.5 Å². The Hall–Kier alpha value is -1.40. The van der Waals surface area contributed by atoms with Gasteiger partial charge in [-0.25, -0.2) is 4.98 Å². The quantitative estimate of drug-likeness (QED) is 0.667. The summed E-state index contributed by atoms with van der Waals surface area (Å²) in [7, 11) is 0. The van der Waals surface area contributed by atoms with E-state index in [0.717, 1.165) is 19.3 Å². The fourth-order valence-electron chi connectivity index (χ4n) is 2.66. The topological polar surface area (TPSA) is 91.3 Å². The summed E-state index contributed by atoms with van der Waals surface area (Å²) < 4.78 is 5.56. The molecular weight excluding hydrogens is 282 g/mol. The molecule has 0 amide bonds. The summed E-state index contributed by atoms with van der Waals surface area (Å²) in [5.74, 6) is 0.793. The minimum atomic E-state index is -0.532. The van der Waals surface area contributed by atoms with Crippen molar-refractivity contribution in [2.75, 3.05) is 13.2 Å². The molecule has 2 rings (SSSR count). The highest BCUT2D eigenvalue weighted by Crippen LogP contribution is 2.32. The maximum atomic E-state index is 11.0. The van der Waals surface area contributed by atoms with Gasteiger partial charge in [0.25, 0.3) is 5.88 Å². The summed E-state index contributed by atoms with van der Waals surface area (Å²) in [4.78, 5) is 14.3. The molecule has 0 spiro atoms. The average Bonchev–Trinajstić information content (AvgIpc) is 2.46. The van der Waals surface area contributed by atoms with E-state index in [0.29, 0.717) is 25.0 Å². The lowest BCUT2D eigenvalue weighted by Crippen LogP contribution is -2.30. The van der Waals surface area contributed by atoms with Gasteiger partial charge in [-0.05, 0) is 31.2 Å². The van der Waals surface area contributed by atoms with Crippen LogP contribution in [0, 0.1) is 22.0 Å². The van der Waals surface area contributed by atoms with Crippen LogP contribution in [0.1, 0.15) is 25.7 Å². The third kappa shape index (κ3) is 3.58. The standard InChI is InChI=1S/C13H18ClN3O3/c14-11-5-12(17(18)19)13(16-7-11)20-8-10-4-2-1-3-9(10)6-15/h5,7,9-10H,1-4,6,8,15H2. The summed E-state index contributed by atoms with van der Waals surface area (Å²) in [5, 5.41) is 11.2. The minimum Gasteiger partial charge on any atom is -0.473 e. The molecule has 110 valence electrons. The fraction of sp³-hybridized carbons (Fsp3) is 0.615. The van der Waals surface area contributed by atoms with Crippen LogP contribution in [0.2, 0.25) is 5.02 Å². The molecule has 2 N–H and O–H groups in total. The summed E-state index contributed by atoms with van der Waals surface area (Å²) in [5.41, 5.74) is 5.57. The maximum absolute atomic E-state index is 11.0. The van der Waals surface area contributed by atoms with Gasteiger partial charge in [-0.1, -0.05) is 24.4 Å². The third-order valence-electron chi connectivity index (χ3n) is 3.80. The number of halogens is 1. The molecule has 1 saturated carbocycles. The average molecular weight is 300 g/mol. The Morgan fingerprint density at radius 2 is 2.15 bits per heavy atom. The van der Waals surface area contributed by atoms with E-state index in [9.17, 15) is 10.1 Å². The Balaban J connectivity index is 2.04. The molecular formula is C13H18ClN3O3. The molecule has 6 nitrogen and oxygen atoms in total. The van der Waals surface area contributed by atoms with Crippen molar-refractivity contribution in [3.63, 3.8) is 0 Å². The van der Waals surface area contributed by atoms with Crippen molar-refractivity contribution in [3.8, 4) is 5.88 Å². The van der Waals surface area contributed by atoms with Crippen LogP contribution in [0.3, 0.4) is 0 Å². The van der Waals surface area contributed by atoms with Gasteiger partial charge in [0, 0.05) is 6.07 Å². The number of hydrogen-bond acceptors (Lipinski definition) is 5. The summed E-state index contributed by atoms with van der Waals surface area (Å²) in [6, 6.07) is 1.26. The molecule has 1 fully saturated rings. The smallest absolute Gasteiger partial charge is 0.332 e. The summed E-state index contributed by atoms with van der Waals surface area (Å²) in [6.45, 7) is 1.04.